The topological polar surface area (TPSA) is 86.8 Å². The number of rotatable bonds is 13. The van der Waals surface area contributed by atoms with Crippen molar-refractivity contribution in [1.82, 2.24) is 10.2 Å². The van der Waals surface area contributed by atoms with E-state index >= 15 is 0 Å². The number of hydrogen-bond acceptors (Lipinski definition) is 4. The Morgan fingerprint density at radius 1 is 0.881 bits per heavy atom. The fraction of sp³-hybridized carbons (Fsp3) is 0.355. The monoisotopic (exact) mass is 603 g/mol. The van der Waals surface area contributed by atoms with Crippen LogP contribution < -0.4 is 9.62 Å². The molecule has 3 rings (SSSR count). The Bertz CT molecular complexity index is 1430. The summed E-state index contributed by atoms with van der Waals surface area (Å²) in [7, 11) is -4.47. The van der Waals surface area contributed by atoms with Gasteiger partial charge in [-0.25, -0.2) is 8.42 Å². The van der Waals surface area contributed by atoms with Crippen LogP contribution in [-0.2, 0) is 32.2 Å². The lowest BCUT2D eigenvalue weighted by atomic mass is 10.1. The number of sulfonamides is 1. The van der Waals surface area contributed by atoms with E-state index in [1.54, 1.807) is 13.0 Å². The molecule has 7 nitrogen and oxygen atoms in total. The highest BCUT2D eigenvalue weighted by Gasteiger charge is 2.35. The molecule has 0 aliphatic rings. The molecule has 0 heterocycles. The van der Waals surface area contributed by atoms with E-state index in [9.17, 15) is 31.2 Å². The van der Waals surface area contributed by atoms with E-state index in [1.807, 2.05) is 44.2 Å². The normalized spacial score (nSPS) is 13.2. The Hall–Kier alpha value is -3.86. The van der Waals surface area contributed by atoms with Gasteiger partial charge in [-0.15, -0.1) is 0 Å². The van der Waals surface area contributed by atoms with Gasteiger partial charge < -0.3 is 10.2 Å². The number of hydrogen-bond donors (Lipinski definition) is 1. The first-order chi connectivity index (χ1) is 19.9. The van der Waals surface area contributed by atoms with E-state index in [2.05, 4.69) is 5.32 Å². The second-order valence-corrected chi connectivity index (χ2v) is 11.8. The lowest BCUT2D eigenvalue weighted by molar-refractivity contribution is -0.139. The van der Waals surface area contributed by atoms with Crippen molar-refractivity contribution < 1.29 is 31.2 Å². The van der Waals surface area contributed by atoms with E-state index < -0.39 is 40.3 Å². The summed E-state index contributed by atoms with van der Waals surface area (Å²) in [4.78, 5) is 28.4. The maximum Gasteiger partial charge on any atom is 0.416 e. The van der Waals surface area contributed by atoms with E-state index in [0.717, 1.165) is 17.7 Å². The molecule has 0 fully saturated rings. The molecule has 42 heavy (non-hydrogen) atoms. The van der Waals surface area contributed by atoms with Gasteiger partial charge in [-0.1, -0.05) is 68.4 Å². The summed E-state index contributed by atoms with van der Waals surface area (Å²) in [6.45, 7) is 4.78. The molecular weight excluding hydrogens is 567 g/mol. The van der Waals surface area contributed by atoms with Crippen molar-refractivity contribution in [2.75, 3.05) is 17.4 Å². The maximum absolute atomic E-state index is 14.0. The van der Waals surface area contributed by atoms with Crippen molar-refractivity contribution >= 4 is 27.5 Å². The number of nitrogens with one attached hydrogen (secondary N) is 1. The molecule has 0 saturated heterocycles. The van der Waals surface area contributed by atoms with Crippen molar-refractivity contribution in [2.45, 2.75) is 63.2 Å². The first kappa shape index (κ1) is 32.7. The number of anilines is 1. The average Bonchev–Trinajstić information content (AvgIpc) is 2.98. The summed E-state index contributed by atoms with van der Waals surface area (Å²) in [5.74, 6) is -1.10. The predicted molar refractivity (Wildman–Crippen MR) is 156 cm³/mol. The molecule has 0 spiro atoms. The highest BCUT2D eigenvalue weighted by atomic mass is 32.2. The van der Waals surface area contributed by atoms with Gasteiger partial charge in [0.25, 0.3) is 10.0 Å². The van der Waals surface area contributed by atoms with Crippen molar-refractivity contribution in [1.29, 1.82) is 0 Å². The third kappa shape index (κ3) is 8.34. The van der Waals surface area contributed by atoms with Gasteiger partial charge in [0, 0.05) is 12.6 Å². The lowest BCUT2D eigenvalue weighted by Crippen LogP contribution is -2.54. The van der Waals surface area contributed by atoms with Gasteiger partial charge >= 0.3 is 6.18 Å². The Kier molecular flexibility index (Phi) is 11.2. The minimum absolute atomic E-state index is 0.0943. The largest absolute Gasteiger partial charge is 0.416 e. The molecule has 2 atom stereocenters. The van der Waals surface area contributed by atoms with Crippen LogP contribution in [0.3, 0.4) is 0 Å². The van der Waals surface area contributed by atoms with Gasteiger partial charge in [0.1, 0.15) is 12.6 Å². The third-order valence-electron chi connectivity index (χ3n) is 6.94. The van der Waals surface area contributed by atoms with Crippen LogP contribution in [0, 0.1) is 0 Å². The molecule has 3 aromatic rings. The smallest absolute Gasteiger partial charge is 0.352 e. The number of amides is 2. The summed E-state index contributed by atoms with van der Waals surface area (Å²) in [6, 6.07) is 19.2. The number of carbonyl (C=O) groups excluding carboxylic acids is 2. The van der Waals surface area contributed by atoms with Crippen LogP contribution in [0.25, 0.3) is 0 Å². The molecule has 226 valence electrons. The van der Waals surface area contributed by atoms with Crippen LogP contribution >= 0.6 is 0 Å². The molecule has 0 aliphatic carbocycles. The van der Waals surface area contributed by atoms with E-state index in [4.69, 9.17) is 0 Å². The SMILES string of the molecule is CCC(C)NC(=O)C(CC)N(CCc1ccccc1)C(=O)CN(c1cccc(C(F)(F)F)c1)S(=O)(=O)c1ccccc1. The van der Waals surface area contributed by atoms with Gasteiger partial charge in [-0.3, -0.25) is 13.9 Å². The Labute approximate surface area is 245 Å². The zero-order valence-corrected chi connectivity index (χ0v) is 24.7. The molecule has 0 bridgehead atoms. The molecule has 0 aliphatic heterocycles. The van der Waals surface area contributed by atoms with Crippen molar-refractivity contribution in [3.05, 3.63) is 96.1 Å². The first-order valence-corrected chi connectivity index (χ1v) is 15.2. The summed E-state index contributed by atoms with van der Waals surface area (Å²) in [5.41, 5.74) is -0.470. The van der Waals surface area contributed by atoms with Gasteiger partial charge in [-0.2, -0.15) is 13.2 Å². The fourth-order valence-electron chi connectivity index (χ4n) is 4.42. The second-order valence-electron chi connectivity index (χ2n) is 9.94. The van der Waals surface area contributed by atoms with Crippen LogP contribution in [-0.4, -0.2) is 50.3 Å². The van der Waals surface area contributed by atoms with Gasteiger partial charge in [0.05, 0.1) is 16.1 Å². The first-order valence-electron chi connectivity index (χ1n) is 13.8. The quantitative estimate of drug-likeness (QED) is 0.273. The molecule has 2 unspecified atom stereocenters. The number of nitrogens with zero attached hydrogens (tertiary/aromatic N) is 2. The third-order valence-corrected chi connectivity index (χ3v) is 8.73. The van der Waals surface area contributed by atoms with E-state index in [0.29, 0.717) is 23.2 Å². The standard InChI is InChI=1S/C31H36F3N3O4S/c1-4-23(3)35-30(39)28(5-2)36(20-19-24-13-8-6-9-14-24)29(38)22-37(42(40,41)27-17-10-7-11-18-27)26-16-12-15-25(21-26)31(32,33)34/h6-18,21,23,28H,4-5,19-20,22H2,1-3H3,(H,35,39). The average molecular weight is 604 g/mol. The van der Waals surface area contributed by atoms with Crippen LogP contribution in [0.2, 0.25) is 0 Å². The van der Waals surface area contributed by atoms with Crippen LogP contribution in [0.15, 0.2) is 89.8 Å². The fourth-order valence-corrected chi connectivity index (χ4v) is 5.85. The zero-order chi connectivity index (χ0) is 30.9. The van der Waals surface area contributed by atoms with Gasteiger partial charge in [0.15, 0.2) is 0 Å². The van der Waals surface area contributed by atoms with Crippen molar-refractivity contribution in [3.8, 4) is 0 Å². The minimum atomic E-state index is -4.73. The van der Waals surface area contributed by atoms with E-state index in [-0.39, 0.29) is 35.5 Å². The van der Waals surface area contributed by atoms with E-state index in [1.165, 1.54) is 35.2 Å². The summed E-state index contributed by atoms with van der Waals surface area (Å²) < 4.78 is 69.0. The molecule has 2 amide bonds. The predicted octanol–water partition coefficient (Wildman–Crippen LogP) is 5.67. The second kappa shape index (κ2) is 14.4. The molecule has 0 aromatic heterocycles. The Morgan fingerprint density at radius 2 is 1.50 bits per heavy atom. The number of alkyl halides is 3. The zero-order valence-electron chi connectivity index (χ0n) is 23.8. The summed E-state index contributed by atoms with van der Waals surface area (Å²) in [6.07, 6.45) is -3.43. The molecular formula is C31H36F3N3O4S. The highest BCUT2D eigenvalue weighted by Crippen LogP contribution is 2.33. The van der Waals surface area contributed by atoms with Crippen LogP contribution in [0.4, 0.5) is 18.9 Å². The van der Waals surface area contributed by atoms with Gasteiger partial charge in [-0.05, 0) is 62.1 Å². The van der Waals surface area contributed by atoms with Gasteiger partial charge in [0.2, 0.25) is 11.8 Å². The molecule has 3 aromatic carbocycles. The van der Waals surface area contributed by atoms with Crippen molar-refractivity contribution in [2.24, 2.45) is 0 Å². The van der Waals surface area contributed by atoms with Crippen LogP contribution in [0.1, 0.15) is 44.7 Å². The molecule has 0 saturated carbocycles. The number of halogens is 3. The molecule has 11 heteroatoms. The van der Waals surface area contributed by atoms with Crippen molar-refractivity contribution in [3.63, 3.8) is 0 Å². The Morgan fingerprint density at radius 3 is 2.07 bits per heavy atom. The molecule has 0 radical (unpaired) electrons. The summed E-state index contributed by atoms with van der Waals surface area (Å²) in [5, 5.41) is 2.89. The molecule has 1 N–H and O–H groups in total. The summed E-state index contributed by atoms with van der Waals surface area (Å²) >= 11 is 0. The number of benzene rings is 3. The maximum atomic E-state index is 14.0. The van der Waals surface area contributed by atoms with Crippen LogP contribution in [0.5, 0.6) is 0 Å². The number of carbonyl (C=O) groups is 2. The minimum Gasteiger partial charge on any atom is -0.352 e. The highest BCUT2D eigenvalue weighted by molar-refractivity contribution is 7.92. The Balaban J connectivity index is 2.06. The lowest BCUT2D eigenvalue weighted by Gasteiger charge is -2.33.